The Morgan fingerprint density at radius 1 is 1.20 bits per heavy atom. The number of carbonyl (C=O) groups excluding carboxylic acids is 1. The fourth-order valence-corrected chi connectivity index (χ4v) is 4.12. The maximum Gasteiger partial charge on any atom is 0.231 e. The summed E-state index contributed by atoms with van der Waals surface area (Å²) < 4.78 is 16.7. The molecule has 1 fully saturated rings. The maximum atomic E-state index is 13.0. The molecular weight excluding hydrogens is 382 g/mol. The third-order valence-corrected chi connectivity index (χ3v) is 5.95. The van der Waals surface area contributed by atoms with Gasteiger partial charge in [0.15, 0.2) is 5.76 Å². The Kier molecular flexibility index (Phi) is 5.68. The van der Waals surface area contributed by atoms with Gasteiger partial charge in [-0.2, -0.15) is 0 Å². The number of hydrogen-bond donors (Lipinski definition) is 1. The first-order chi connectivity index (χ1) is 14.5. The average molecular weight is 409 g/mol. The number of piperidine rings is 1. The van der Waals surface area contributed by atoms with Gasteiger partial charge in [0.1, 0.15) is 23.0 Å². The van der Waals surface area contributed by atoms with Gasteiger partial charge in [-0.25, -0.2) is 0 Å². The van der Waals surface area contributed by atoms with Gasteiger partial charge in [-0.1, -0.05) is 6.42 Å². The number of phenols is 1. The predicted octanol–water partition coefficient (Wildman–Crippen LogP) is 4.40. The summed E-state index contributed by atoms with van der Waals surface area (Å²) >= 11 is 0. The number of likely N-dealkylation sites (tertiary alicyclic amines) is 1. The van der Waals surface area contributed by atoms with Crippen molar-refractivity contribution in [2.45, 2.75) is 38.8 Å². The number of aromatic hydroxyl groups is 1. The number of rotatable bonds is 5. The van der Waals surface area contributed by atoms with Crippen molar-refractivity contribution in [1.82, 2.24) is 4.90 Å². The number of methoxy groups -OCH3 is 2. The summed E-state index contributed by atoms with van der Waals surface area (Å²) in [5.74, 6) is 1.88. The van der Waals surface area contributed by atoms with Gasteiger partial charge in [0.25, 0.3) is 0 Å². The summed E-state index contributed by atoms with van der Waals surface area (Å²) in [6.45, 7) is 3.74. The van der Waals surface area contributed by atoms with Gasteiger partial charge >= 0.3 is 0 Å². The Labute approximate surface area is 176 Å². The number of Topliss-reactive ketones (excluding diaryl/α,β-unsaturated/α-hetero) is 1. The molecule has 2 aliphatic rings. The molecule has 158 valence electrons. The van der Waals surface area contributed by atoms with Crippen LogP contribution in [0.25, 0.3) is 6.08 Å². The summed E-state index contributed by atoms with van der Waals surface area (Å²) in [6, 6.07) is 9.02. The van der Waals surface area contributed by atoms with Crippen molar-refractivity contribution in [3.63, 3.8) is 0 Å². The molecule has 4 rings (SSSR count). The molecule has 0 unspecified atom stereocenters. The van der Waals surface area contributed by atoms with Crippen molar-refractivity contribution >= 4 is 11.9 Å². The first-order valence-electron chi connectivity index (χ1n) is 10.3. The van der Waals surface area contributed by atoms with Crippen LogP contribution >= 0.6 is 0 Å². The lowest BCUT2D eigenvalue weighted by atomic mass is 10.0. The number of allylic oxidation sites excluding steroid dienone is 1. The van der Waals surface area contributed by atoms with Crippen LogP contribution in [0.2, 0.25) is 0 Å². The molecule has 0 spiro atoms. The van der Waals surface area contributed by atoms with Crippen LogP contribution in [0.3, 0.4) is 0 Å². The average Bonchev–Trinajstić information content (AvgIpc) is 3.07. The number of ether oxygens (including phenoxy) is 3. The molecule has 2 aliphatic heterocycles. The molecule has 1 N–H and O–H groups in total. The van der Waals surface area contributed by atoms with Crippen LogP contribution in [0.15, 0.2) is 36.1 Å². The lowest BCUT2D eigenvalue weighted by Crippen LogP contribution is -2.36. The molecule has 0 saturated carbocycles. The number of fused-ring (bicyclic) bond motifs is 1. The van der Waals surface area contributed by atoms with Gasteiger partial charge < -0.3 is 19.3 Å². The van der Waals surface area contributed by atoms with E-state index in [2.05, 4.69) is 11.8 Å². The van der Waals surface area contributed by atoms with Gasteiger partial charge in [0, 0.05) is 24.2 Å². The number of ketones is 1. The lowest BCUT2D eigenvalue weighted by Gasteiger charge is -2.33. The molecular formula is C24H27NO5. The van der Waals surface area contributed by atoms with E-state index in [-0.39, 0.29) is 17.3 Å². The van der Waals surface area contributed by atoms with Crippen molar-refractivity contribution in [3.8, 4) is 23.0 Å². The summed E-state index contributed by atoms with van der Waals surface area (Å²) in [5.41, 5.74) is 1.86. The highest BCUT2D eigenvalue weighted by Gasteiger charge is 2.32. The quantitative estimate of drug-likeness (QED) is 0.739. The van der Waals surface area contributed by atoms with Crippen LogP contribution in [0, 0.1) is 0 Å². The SMILES string of the molecule is COc1ccc(/C=C2\Oc3c(ccc(O)c3CN3CCCC[C@@H]3C)C2=O)c(OC)c1. The molecule has 1 saturated heterocycles. The topological polar surface area (TPSA) is 68.2 Å². The fraction of sp³-hybridized carbons (Fsp3) is 0.375. The zero-order valence-electron chi connectivity index (χ0n) is 17.6. The first-order valence-corrected chi connectivity index (χ1v) is 10.3. The van der Waals surface area contributed by atoms with Crippen molar-refractivity contribution in [1.29, 1.82) is 0 Å². The Hall–Kier alpha value is -2.99. The number of nitrogens with zero attached hydrogens (tertiary/aromatic N) is 1. The second-order valence-corrected chi connectivity index (χ2v) is 7.80. The molecule has 30 heavy (non-hydrogen) atoms. The number of phenolic OH excluding ortho intramolecular Hbond substituents is 1. The van der Waals surface area contributed by atoms with E-state index in [0.29, 0.717) is 46.5 Å². The van der Waals surface area contributed by atoms with E-state index < -0.39 is 0 Å². The van der Waals surface area contributed by atoms with Gasteiger partial charge in [0.05, 0.1) is 25.3 Å². The van der Waals surface area contributed by atoms with E-state index >= 15 is 0 Å². The minimum absolute atomic E-state index is 0.155. The van der Waals surface area contributed by atoms with Crippen LogP contribution in [0.5, 0.6) is 23.0 Å². The zero-order valence-corrected chi connectivity index (χ0v) is 17.6. The molecule has 0 bridgehead atoms. The van der Waals surface area contributed by atoms with Gasteiger partial charge in [-0.15, -0.1) is 0 Å². The van der Waals surface area contributed by atoms with E-state index in [1.807, 2.05) is 6.07 Å². The second-order valence-electron chi connectivity index (χ2n) is 7.80. The molecule has 0 radical (unpaired) electrons. The van der Waals surface area contributed by atoms with E-state index in [9.17, 15) is 9.90 Å². The monoisotopic (exact) mass is 409 g/mol. The third kappa shape index (κ3) is 3.75. The predicted molar refractivity (Wildman–Crippen MR) is 114 cm³/mol. The zero-order chi connectivity index (χ0) is 21.3. The van der Waals surface area contributed by atoms with Gasteiger partial charge in [0.2, 0.25) is 5.78 Å². The molecule has 6 heteroatoms. The summed E-state index contributed by atoms with van der Waals surface area (Å²) in [7, 11) is 3.16. The Bertz CT molecular complexity index is 997. The smallest absolute Gasteiger partial charge is 0.231 e. The number of hydrogen-bond acceptors (Lipinski definition) is 6. The van der Waals surface area contributed by atoms with Crippen LogP contribution < -0.4 is 14.2 Å². The molecule has 6 nitrogen and oxygen atoms in total. The summed E-state index contributed by atoms with van der Waals surface area (Å²) in [4.78, 5) is 15.3. The largest absolute Gasteiger partial charge is 0.507 e. The van der Waals surface area contributed by atoms with Crippen molar-refractivity contribution in [3.05, 3.63) is 52.8 Å². The van der Waals surface area contributed by atoms with Crippen molar-refractivity contribution in [2.24, 2.45) is 0 Å². The third-order valence-electron chi connectivity index (χ3n) is 5.95. The fourth-order valence-electron chi connectivity index (χ4n) is 4.12. The normalized spacial score (nSPS) is 20.2. The van der Waals surface area contributed by atoms with Crippen LogP contribution in [-0.4, -0.2) is 42.6 Å². The van der Waals surface area contributed by atoms with E-state index in [1.54, 1.807) is 44.6 Å². The summed E-state index contributed by atoms with van der Waals surface area (Å²) in [5, 5.41) is 10.5. The highest BCUT2D eigenvalue weighted by atomic mass is 16.5. The van der Waals surface area contributed by atoms with Gasteiger partial charge in [-0.3, -0.25) is 9.69 Å². The van der Waals surface area contributed by atoms with E-state index in [4.69, 9.17) is 14.2 Å². The highest BCUT2D eigenvalue weighted by molar-refractivity contribution is 6.15. The van der Waals surface area contributed by atoms with Crippen LogP contribution in [-0.2, 0) is 6.54 Å². The minimum Gasteiger partial charge on any atom is -0.507 e. The maximum absolute atomic E-state index is 13.0. The molecule has 0 aromatic heterocycles. The van der Waals surface area contributed by atoms with Crippen molar-refractivity contribution < 1.29 is 24.1 Å². The Morgan fingerprint density at radius 3 is 2.77 bits per heavy atom. The van der Waals surface area contributed by atoms with E-state index in [1.165, 1.54) is 6.42 Å². The van der Waals surface area contributed by atoms with Crippen molar-refractivity contribution in [2.75, 3.05) is 20.8 Å². The molecule has 2 aromatic carbocycles. The second kappa shape index (κ2) is 8.40. The number of benzene rings is 2. The molecule has 2 aromatic rings. The first kappa shape index (κ1) is 20.3. The van der Waals surface area contributed by atoms with E-state index in [0.717, 1.165) is 19.4 Å². The summed E-state index contributed by atoms with van der Waals surface area (Å²) in [6.07, 6.45) is 5.17. The molecule has 1 atom stereocenters. The Balaban J connectivity index is 1.67. The lowest BCUT2D eigenvalue weighted by molar-refractivity contribution is 0.101. The Morgan fingerprint density at radius 2 is 2.03 bits per heavy atom. The molecule has 0 amide bonds. The van der Waals surface area contributed by atoms with Crippen LogP contribution in [0.4, 0.5) is 0 Å². The minimum atomic E-state index is -0.198. The number of carbonyl (C=O) groups is 1. The molecule has 0 aliphatic carbocycles. The highest BCUT2D eigenvalue weighted by Crippen LogP contribution is 2.41. The standard InChI is InChI=1S/C24H27NO5/c1-15-6-4-5-11-25(15)14-19-20(26)10-9-18-23(27)22(30-24(18)19)12-16-7-8-17(28-2)13-21(16)29-3/h7-10,12-13,15,26H,4-6,11,14H2,1-3H3/b22-12-/t15-/m0/s1. The van der Waals surface area contributed by atoms with Crippen LogP contribution in [0.1, 0.15) is 47.7 Å². The van der Waals surface area contributed by atoms with Gasteiger partial charge in [-0.05, 0) is 56.7 Å². The molecule has 2 heterocycles.